The first-order valence-corrected chi connectivity index (χ1v) is 2.97. The predicted molar refractivity (Wildman–Crippen MR) is 35.3 cm³/mol. The maximum atomic E-state index is 9.81. The average Bonchev–Trinajstić information content (AvgIpc) is 2.43. The Morgan fingerprint density at radius 2 is 2.30 bits per heavy atom. The highest BCUT2D eigenvalue weighted by Crippen LogP contribution is 1.71. The maximum Gasteiger partial charge on any atom is 0.144 e. The predicted octanol–water partition coefficient (Wildman–Crippen LogP) is 1.05. The van der Waals surface area contributed by atoms with E-state index in [0.717, 1.165) is 0 Å². The lowest BCUT2D eigenvalue weighted by Crippen LogP contribution is -1.80. The van der Waals surface area contributed by atoms with E-state index in [2.05, 4.69) is 14.9 Å². The van der Waals surface area contributed by atoms with Crippen LogP contribution in [-0.4, -0.2) is 16.2 Å². The average molecular weight is 142 g/mol. The fourth-order valence-corrected chi connectivity index (χ4v) is 0.136. The Morgan fingerprint density at radius 3 is 2.40 bits per heavy atom. The second kappa shape index (κ2) is 5.94. The molecule has 4 heteroatoms. The lowest BCUT2D eigenvalue weighted by atomic mass is 10.4. The second-order valence-corrected chi connectivity index (χ2v) is 1.64. The van der Waals surface area contributed by atoms with Gasteiger partial charge in [0.15, 0.2) is 0 Å². The molecule has 0 bridgehead atoms. The van der Waals surface area contributed by atoms with Crippen LogP contribution in [0.3, 0.4) is 0 Å². The molecule has 0 aliphatic carbocycles. The summed E-state index contributed by atoms with van der Waals surface area (Å²) in [5, 5.41) is 6.40. The smallest absolute Gasteiger partial charge is 0.144 e. The molecule has 0 aromatic carbocycles. The van der Waals surface area contributed by atoms with Gasteiger partial charge in [0.25, 0.3) is 0 Å². The van der Waals surface area contributed by atoms with Crippen LogP contribution in [0.5, 0.6) is 0 Å². The third-order valence-corrected chi connectivity index (χ3v) is 0.781. The summed E-state index contributed by atoms with van der Waals surface area (Å²) < 4.78 is 4.22. The molecule has 1 heterocycles. The van der Waals surface area contributed by atoms with Gasteiger partial charge < -0.3 is 9.32 Å². The molecule has 0 atom stereocenters. The van der Waals surface area contributed by atoms with Crippen molar-refractivity contribution in [3.63, 3.8) is 0 Å². The van der Waals surface area contributed by atoms with E-state index in [9.17, 15) is 4.79 Å². The van der Waals surface area contributed by atoms with E-state index in [0.29, 0.717) is 6.42 Å². The Labute approximate surface area is 59.2 Å². The van der Waals surface area contributed by atoms with E-state index in [1.807, 2.05) is 6.92 Å². The summed E-state index contributed by atoms with van der Waals surface area (Å²) in [5.74, 6) is 0.255. The molecule has 10 heavy (non-hydrogen) atoms. The Kier molecular flexibility index (Phi) is 5.23. The molecular weight excluding hydrogens is 132 g/mol. The number of nitrogens with zero attached hydrogens (tertiary/aromatic N) is 2. The van der Waals surface area contributed by atoms with Gasteiger partial charge in [-0.05, 0) is 6.92 Å². The topological polar surface area (TPSA) is 56.0 Å². The molecule has 0 spiro atoms. The highest BCUT2D eigenvalue weighted by Gasteiger charge is 1.76. The zero-order chi connectivity index (χ0) is 7.82. The lowest BCUT2D eigenvalue weighted by Gasteiger charge is -1.71. The van der Waals surface area contributed by atoms with Crippen molar-refractivity contribution in [2.45, 2.75) is 20.3 Å². The summed E-state index contributed by atoms with van der Waals surface area (Å²) in [4.78, 5) is 9.81. The third-order valence-electron chi connectivity index (χ3n) is 0.781. The van der Waals surface area contributed by atoms with Gasteiger partial charge in [-0.3, -0.25) is 0 Å². The number of carbonyl (C=O) groups excluding carboxylic acids is 1. The lowest BCUT2D eigenvalue weighted by molar-refractivity contribution is -0.116. The van der Waals surface area contributed by atoms with Gasteiger partial charge in [-0.2, -0.15) is 0 Å². The van der Waals surface area contributed by atoms with Crippen LogP contribution in [0.15, 0.2) is 17.0 Å². The normalized spacial score (nSPS) is 7.80. The molecule has 1 rings (SSSR count). The molecule has 0 aliphatic heterocycles. The van der Waals surface area contributed by atoms with Gasteiger partial charge in [0.2, 0.25) is 0 Å². The Bertz CT molecular complexity index is 143. The quantitative estimate of drug-likeness (QED) is 0.588. The van der Waals surface area contributed by atoms with Crippen LogP contribution in [0.2, 0.25) is 0 Å². The number of carbonyl (C=O) groups is 1. The maximum absolute atomic E-state index is 9.81. The van der Waals surface area contributed by atoms with Crippen LogP contribution in [0.25, 0.3) is 0 Å². The minimum Gasteiger partial charge on any atom is -0.346 e. The first-order chi connectivity index (χ1) is 4.77. The Balaban J connectivity index is 0.000000162. The fraction of sp³-hybridized carbons (Fsp3) is 0.500. The molecule has 4 nitrogen and oxygen atoms in total. The molecule has 1 aromatic heterocycles. The van der Waals surface area contributed by atoms with Crippen LogP contribution in [0, 0.1) is 0 Å². The molecule has 0 unspecified atom stereocenters. The van der Waals surface area contributed by atoms with Crippen molar-refractivity contribution in [3.8, 4) is 0 Å². The van der Waals surface area contributed by atoms with Crippen molar-refractivity contribution < 1.29 is 9.32 Å². The SMILES string of the molecule is CCC(C)=O.c1conn1. The van der Waals surface area contributed by atoms with E-state index < -0.39 is 0 Å². The third kappa shape index (κ3) is 6.81. The number of ketones is 1. The number of hydrogen-bond acceptors (Lipinski definition) is 4. The van der Waals surface area contributed by atoms with E-state index >= 15 is 0 Å². The highest BCUT2D eigenvalue weighted by molar-refractivity contribution is 5.74. The molecular formula is C6H10N2O2. The number of Topliss-reactive ketones (excluding diaryl/α,β-unsaturated/α-hetero) is 1. The van der Waals surface area contributed by atoms with E-state index in [1.165, 1.54) is 12.5 Å². The molecule has 0 saturated heterocycles. The molecule has 0 N–H and O–H groups in total. The van der Waals surface area contributed by atoms with Crippen LogP contribution in [0.4, 0.5) is 0 Å². The first-order valence-electron chi connectivity index (χ1n) is 2.97. The van der Waals surface area contributed by atoms with E-state index in [1.54, 1.807) is 6.92 Å². The summed E-state index contributed by atoms with van der Waals surface area (Å²) in [5.41, 5.74) is 0. The van der Waals surface area contributed by atoms with Gasteiger partial charge in [0, 0.05) is 11.7 Å². The van der Waals surface area contributed by atoms with E-state index in [-0.39, 0.29) is 5.78 Å². The monoisotopic (exact) mass is 142 g/mol. The van der Waals surface area contributed by atoms with Crippen molar-refractivity contribution in [2.75, 3.05) is 0 Å². The molecule has 0 amide bonds. The van der Waals surface area contributed by atoms with Crippen LogP contribution < -0.4 is 0 Å². The van der Waals surface area contributed by atoms with Gasteiger partial charge >= 0.3 is 0 Å². The van der Waals surface area contributed by atoms with E-state index in [4.69, 9.17) is 0 Å². The zero-order valence-electron chi connectivity index (χ0n) is 6.07. The van der Waals surface area contributed by atoms with Gasteiger partial charge in [-0.25, -0.2) is 0 Å². The molecule has 1 aromatic rings. The van der Waals surface area contributed by atoms with Gasteiger partial charge in [0.1, 0.15) is 12.0 Å². The fourth-order valence-electron chi connectivity index (χ4n) is 0.136. The van der Waals surface area contributed by atoms with Crippen molar-refractivity contribution in [1.29, 1.82) is 0 Å². The molecule has 0 aliphatic rings. The minimum absolute atomic E-state index is 0.255. The number of hydrogen-bond donors (Lipinski definition) is 0. The summed E-state index contributed by atoms with van der Waals surface area (Å²) in [6.07, 6.45) is 3.54. The van der Waals surface area contributed by atoms with Crippen LogP contribution in [0.1, 0.15) is 20.3 Å². The number of aromatic nitrogens is 2. The van der Waals surface area contributed by atoms with Crippen molar-refractivity contribution >= 4 is 5.78 Å². The summed E-state index contributed by atoms with van der Waals surface area (Å²) in [6, 6.07) is 0. The van der Waals surface area contributed by atoms with Gasteiger partial charge in [-0.1, -0.05) is 6.92 Å². The van der Waals surface area contributed by atoms with Crippen LogP contribution >= 0.6 is 0 Å². The molecule has 0 fully saturated rings. The van der Waals surface area contributed by atoms with Crippen molar-refractivity contribution in [1.82, 2.24) is 10.4 Å². The van der Waals surface area contributed by atoms with Crippen molar-refractivity contribution in [2.24, 2.45) is 0 Å². The standard InChI is InChI=1S/C4H8O.C2H2N2O/c1-3-4(2)5;1-2-5-4-3-1/h3H2,1-2H3;1-2H. The summed E-state index contributed by atoms with van der Waals surface area (Å²) >= 11 is 0. The summed E-state index contributed by atoms with van der Waals surface area (Å²) in [6.45, 7) is 3.43. The summed E-state index contributed by atoms with van der Waals surface area (Å²) in [7, 11) is 0. The Hall–Kier alpha value is -1.19. The zero-order valence-corrected chi connectivity index (χ0v) is 6.07. The Morgan fingerprint density at radius 1 is 1.70 bits per heavy atom. The van der Waals surface area contributed by atoms with Gasteiger partial charge in [-0.15, -0.1) is 5.10 Å². The second-order valence-electron chi connectivity index (χ2n) is 1.64. The first kappa shape index (κ1) is 8.81. The van der Waals surface area contributed by atoms with Crippen LogP contribution in [-0.2, 0) is 4.79 Å². The van der Waals surface area contributed by atoms with Crippen molar-refractivity contribution in [3.05, 3.63) is 12.5 Å². The molecule has 0 saturated carbocycles. The van der Waals surface area contributed by atoms with Gasteiger partial charge in [0.05, 0.1) is 6.20 Å². The molecule has 56 valence electrons. The molecule has 0 radical (unpaired) electrons. The largest absolute Gasteiger partial charge is 0.346 e. The number of rotatable bonds is 1. The minimum atomic E-state index is 0.255. The highest BCUT2D eigenvalue weighted by atomic mass is 16.5.